The van der Waals surface area contributed by atoms with Crippen LogP contribution in [0.3, 0.4) is 0 Å². The molecule has 1 saturated heterocycles. The second kappa shape index (κ2) is 14.8. The Morgan fingerprint density at radius 3 is 2.27 bits per heavy atom. The third kappa shape index (κ3) is 7.82. The van der Waals surface area contributed by atoms with Gasteiger partial charge in [-0.25, -0.2) is 9.59 Å². The van der Waals surface area contributed by atoms with Crippen LogP contribution in [0.4, 0.5) is 16.2 Å². The molecule has 2 atom stereocenters. The molecule has 1 aliphatic heterocycles. The number of halogens is 1. The molecule has 0 unspecified atom stereocenters. The molecule has 0 saturated carbocycles. The highest BCUT2D eigenvalue weighted by atomic mass is 79.9. The first kappa shape index (κ1) is 31.6. The Labute approximate surface area is 270 Å². The highest BCUT2D eigenvalue weighted by molar-refractivity contribution is 9.10. The number of ether oxygens (including phenoxy) is 3. The Bertz CT molecular complexity index is 1650. The van der Waals surface area contributed by atoms with Crippen LogP contribution in [0, 0.1) is 0 Å². The van der Waals surface area contributed by atoms with Crippen molar-refractivity contribution in [2.24, 2.45) is 0 Å². The Morgan fingerprint density at radius 1 is 0.844 bits per heavy atom. The highest BCUT2D eigenvalue weighted by Gasteiger charge is 2.38. The molecule has 5 rings (SSSR count). The lowest BCUT2D eigenvalue weighted by atomic mass is 10.0. The number of likely N-dealkylation sites (tertiary alicyclic amines) is 1. The number of rotatable bonds is 10. The van der Waals surface area contributed by atoms with E-state index in [9.17, 15) is 14.4 Å². The van der Waals surface area contributed by atoms with E-state index in [0.29, 0.717) is 35.0 Å². The maximum absolute atomic E-state index is 14.0. The van der Waals surface area contributed by atoms with Gasteiger partial charge >= 0.3 is 12.0 Å². The summed E-state index contributed by atoms with van der Waals surface area (Å²) < 4.78 is 17.2. The first-order valence-corrected chi connectivity index (χ1v) is 15.3. The number of nitrogens with one attached hydrogen (secondary N) is 2. The Kier molecular flexibility index (Phi) is 10.4. The summed E-state index contributed by atoms with van der Waals surface area (Å²) in [6.45, 7) is 0.311. The zero-order valence-corrected chi connectivity index (χ0v) is 26.6. The number of methoxy groups -OCH3 is 2. The normalized spacial score (nSPS) is 15.7. The van der Waals surface area contributed by atoms with Gasteiger partial charge in [-0.1, -0.05) is 48.5 Å². The summed E-state index contributed by atoms with van der Waals surface area (Å²) in [5.41, 5.74) is 3.38. The fourth-order valence-corrected chi connectivity index (χ4v) is 5.86. The molecule has 232 valence electrons. The van der Waals surface area contributed by atoms with E-state index < -0.39 is 12.0 Å². The van der Waals surface area contributed by atoms with Crippen molar-refractivity contribution in [3.05, 3.63) is 118 Å². The molecule has 4 aromatic carbocycles. The van der Waals surface area contributed by atoms with Gasteiger partial charge in [0, 0.05) is 4.47 Å². The molecule has 4 aromatic rings. The molecule has 0 radical (unpaired) electrons. The van der Waals surface area contributed by atoms with Gasteiger partial charge in [0.1, 0.15) is 18.1 Å². The topological polar surface area (TPSA) is 106 Å². The van der Waals surface area contributed by atoms with E-state index in [2.05, 4.69) is 26.6 Å². The summed E-state index contributed by atoms with van der Waals surface area (Å²) in [5.74, 6) is 0.600. The van der Waals surface area contributed by atoms with E-state index in [1.807, 2.05) is 59.5 Å². The maximum Gasteiger partial charge on any atom is 0.337 e. The molecule has 1 aliphatic rings. The third-order valence-corrected chi connectivity index (χ3v) is 8.38. The average Bonchev–Trinajstić information content (AvgIpc) is 3.50. The van der Waals surface area contributed by atoms with Crippen molar-refractivity contribution in [1.29, 1.82) is 0 Å². The molecule has 1 fully saturated rings. The van der Waals surface area contributed by atoms with Gasteiger partial charge in [0.15, 0.2) is 0 Å². The molecular weight excluding hydrogens is 638 g/mol. The first-order valence-electron chi connectivity index (χ1n) is 14.5. The van der Waals surface area contributed by atoms with Crippen molar-refractivity contribution >= 4 is 45.2 Å². The lowest BCUT2D eigenvalue weighted by Crippen LogP contribution is -2.41. The number of carbonyl (C=O) groups is 3. The van der Waals surface area contributed by atoms with E-state index in [-0.39, 0.29) is 24.4 Å². The number of anilines is 2. The molecule has 0 aliphatic carbocycles. The predicted molar refractivity (Wildman–Crippen MR) is 176 cm³/mol. The van der Waals surface area contributed by atoms with Gasteiger partial charge in [-0.05, 0) is 88.4 Å². The zero-order chi connectivity index (χ0) is 31.8. The monoisotopic (exact) mass is 671 g/mol. The van der Waals surface area contributed by atoms with Crippen LogP contribution in [0.5, 0.6) is 11.5 Å². The zero-order valence-electron chi connectivity index (χ0n) is 25.0. The molecule has 9 nitrogen and oxygen atoms in total. The van der Waals surface area contributed by atoms with Crippen LogP contribution in [-0.2, 0) is 16.0 Å². The summed E-state index contributed by atoms with van der Waals surface area (Å²) in [7, 11) is 2.86. The third-order valence-electron chi connectivity index (χ3n) is 7.68. The van der Waals surface area contributed by atoms with E-state index in [0.717, 1.165) is 28.4 Å². The number of carbonyl (C=O) groups excluding carboxylic acids is 3. The second-order valence-electron chi connectivity index (χ2n) is 10.6. The van der Waals surface area contributed by atoms with Crippen molar-refractivity contribution in [2.45, 2.75) is 31.3 Å². The summed E-state index contributed by atoms with van der Waals surface area (Å²) in [6, 6.07) is 28.8. The highest BCUT2D eigenvalue weighted by Crippen LogP contribution is 2.37. The standard InChI is InChI=1S/C35H34BrN3O6/c1-43-32-20-23(12-18-30(32)38-35(42)37-29-11-7-6-10-28(29)36)21-33(40)39-26(15-19-31(39)24-8-4-3-5-9-24)22-45-27-16-13-25(14-17-27)34(41)44-2/h3-14,16-18,20,26,31H,15,19,21-22H2,1-2H3,(H2,37,38,42)/t26-,31+/m0/s1. The van der Waals surface area contributed by atoms with Crippen LogP contribution in [0.15, 0.2) is 102 Å². The molecular formula is C35H34BrN3O6. The largest absolute Gasteiger partial charge is 0.495 e. The molecule has 2 N–H and O–H groups in total. The lowest BCUT2D eigenvalue weighted by Gasteiger charge is -2.31. The van der Waals surface area contributed by atoms with Gasteiger partial charge in [-0.15, -0.1) is 0 Å². The van der Waals surface area contributed by atoms with Crippen molar-refractivity contribution in [1.82, 2.24) is 4.90 Å². The molecule has 0 spiro atoms. The Morgan fingerprint density at radius 2 is 1.56 bits per heavy atom. The van der Waals surface area contributed by atoms with Gasteiger partial charge in [0.2, 0.25) is 5.91 Å². The number of para-hydroxylation sites is 1. The van der Waals surface area contributed by atoms with Crippen molar-refractivity contribution in [2.75, 3.05) is 31.5 Å². The van der Waals surface area contributed by atoms with Crippen LogP contribution in [0.25, 0.3) is 0 Å². The van der Waals surface area contributed by atoms with E-state index >= 15 is 0 Å². The summed E-state index contributed by atoms with van der Waals surface area (Å²) in [5, 5.41) is 5.63. The van der Waals surface area contributed by atoms with Gasteiger partial charge in [-0.2, -0.15) is 0 Å². The first-order chi connectivity index (χ1) is 21.9. The molecule has 1 heterocycles. The number of urea groups is 1. The van der Waals surface area contributed by atoms with E-state index in [1.165, 1.54) is 14.2 Å². The molecule has 0 aromatic heterocycles. The fraction of sp³-hybridized carbons (Fsp3) is 0.229. The minimum absolute atomic E-state index is 0.0366. The molecule has 3 amide bonds. The van der Waals surface area contributed by atoms with Crippen LogP contribution >= 0.6 is 15.9 Å². The summed E-state index contributed by atoms with van der Waals surface area (Å²) in [4.78, 5) is 40.4. The van der Waals surface area contributed by atoms with Crippen LogP contribution in [0.1, 0.15) is 40.4 Å². The minimum Gasteiger partial charge on any atom is -0.495 e. The molecule has 10 heteroatoms. The molecule has 45 heavy (non-hydrogen) atoms. The Hall–Kier alpha value is -4.83. The average molecular weight is 673 g/mol. The number of hydrogen-bond donors (Lipinski definition) is 2. The van der Waals surface area contributed by atoms with Gasteiger partial charge < -0.3 is 29.7 Å². The van der Waals surface area contributed by atoms with Gasteiger partial charge in [0.05, 0.1) is 49.7 Å². The van der Waals surface area contributed by atoms with E-state index in [4.69, 9.17) is 14.2 Å². The van der Waals surface area contributed by atoms with Crippen molar-refractivity contribution in [3.63, 3.8) is 0 Å². The van der Waals surface area contributed by atoms with Crippen LogP contribution < -0.4 is 20.1 Å². The fourth-order valence-electron chi connectivity index (χ4n) is 5.48. The SMILES string of the molecule is COC(=O)c1ccc(OC[C@@H]2CC[C@H](c3ccccc3)N2C(=O)Cc2ccc(NC(=O)Nc3ccccc3Br)c(OC)c2)cc1. The number of esters is 1. The minimum atomic E-state index is -0.422. The Balaban J connectivity index is 1.29. The predicted octanol–water partition coefficient (Wildman–Crippen LogP) is 7.24. The number of hydrogen-bond acceptors (Lipinski definition) is 6. The van der Waals surface area contributed by atoms with Crippen molar-refractivity contribution < 1.29 is 28.6 Å². The van der Waals surface area contributed by atoms with Gasteiger partial charge in [-0.3, -0.25) is 4.79 Å². The van der Waals surface area contributed by atoms with E-state index in [1.54, 1.807) is 42.5 Å². The number of benzene rings is 4. The van der Waals surface area contributed by atoms with Crippen LogP contribution in [0.2, 0.25) is 0 Å². The summed E-state index contributed by atoms with van der Waals surface area (Å²) in [6.07, 6.45) is 1.74. The van der Waals surface area contributed by atoms with Gasteiger partial charge in [0.25, 0.3) is 0 Å². The van der Waals surface area contributed by atoms with Crippen LogP contribution in [-0.4, -0.2) is 49.7 Å². The summed E-state index contributed by atoms with van der Waals surface area (Å²) >= 11 is 3.43. The number of amides is 3. The smallest absolute Gasteiger partial charge is 0.337 e. The molecule has 0 bridgehead atoms. The van der Waals surface area contributed by atoms with Crippen molar-refractivity contribution in [3.8, 4) is 11.5 Å². The number of nitrogens with zero attached hydrogens (tertiary/aromatic N) is 1. The maximum atomic E-state index is 14.0. The quantitative estimate of drug-likeness (QED) is 0.172. The second-order valence-corrected chi connectivity index (χ2v) is 11.4. The lowest BCUT2D eigenvalue weighted by molar-refractivity contribution is -0.134.